The van der Waals surface area contributed by atoms with Gasteiger partial charge in [0.05, 0.1) is 0 Å². The summed E-state index contributed by atoms with van der Waals surface area (Å²) >= 11 is 0. The van der Waals surface area contributed by atoms with Crippen LogP contribution in [0.5, 0.6) is 0 Å². The molecule has 0 aliphatic heterocycles. The summed E-state index contributed by atoms with van der Waals surface area (Å²) in [5, 5.41) is 0. The van der Waals surface area contributed by atoms with E-state index in [0.717, 1.165) is 5.92 Å². The first-order valence-electron chi connectivity index (χ1n) is 6.28. The average molecular weight is 196 g/mol. The Morgan fingerprint density at radius 2 is 1.86 bits per heavy atom. The molecule has 0 rings (SSSR count). The third kappa shape index (κ3) is 3.86. The van der Waals surface area contributed by atoms with Gasteiger partial charge in [0, 0.05) is 0 Å². The summed E-state index contributed by atoms with van der Waals surface area (Å²) in [4.78, 5) is 0. The smallest absolute Gasteiger partial charge is 0.0121 e. The lowest BCUT2D eigenvalue weighted by molar-refractivity contribution is 0.209. The summed E-state index contributed by atoms with van der Waals surface area (Å²) in [6, 6.07) is 0. The number of hydrogen-bond acceptors (Lipinski definition) is 0. The maximum atomic E-state index is 4.03. The van der Waals surface area contributed by atoms with E-state index in [2.05, 4.69) is 40.3 Å². The SMILES string of the molecule is C=CC(C)(CCC)C(CC)CCCC. The van der Waals surface area contributed by atoms with E-state index < -0.39 is 0 Å². The van der Waals surface area contributed by atoms with Gasteiger partial charge in [-0.15, -0.1) is 6.58 Å². The van der Waals surface area contributed by atoms with E-state index >= 15 is 0 Å². The monoisotopic (exact) mass is 196 g/mol. The van der Waals surface area contributed by atoms with Gasteiger partial charge >= 0.3 is 0 Å². The van der Waals surface area contributed by atoms with Crippen LogP contribution in [0.25, 0.3) is 0 Å². The number of unbranched alkanes of at least 4 members (excludes halogenated alkanes) is 1. The van der Waals surface area contributed by atoms with Crippen LogP contribution in [0.4, 0.5) is 0 Å². The standard InChI is InChI=1S/C14H28/c1-6-10-11-13(8-3)14(5,9-4)12-7-2/h9,13H,4,6-8,10-12H2,1-3,5H3. The van der Waals surface area contributed by atoms with Crippen LogP contribution in [0.3, 0.4) is 0 Å². The molecule has 0 spiro atoms. The third-order valence-electron chi connectivity index (χ3n) is 3.59. The Morgan fingerprint density at radius 1 is 1.21 bits per heavy atom. The molecule has 0 heteroatoms. The van der Waals surface area contributed by atoms with E-state index in [-0.39, 0.29) is 0 Å². The molecule has 0 amide bonds. The van der Waals surface area contributed by atoms with Gasteiger partial charge in [0.1, 0.15) is 0 Å². The quantitative estimate of drug-likeness (QED) is 0.468. The van der Waals surface area contributed by atoms with Crippen molar-refractivity contribution in [2.75, 3.05) is 0 Å². The van der Waals surface area contributed by atoms with Crippen molar-refractivity contribution in [2.45, 2.75) is 66.2 Å². The fraction of sp³-hybridized carbons (Fsp3) is 0.857. The zero-order valence-corrected chi connectivity index (χ0v) is 10.6. The van der Waals surface area contributed by atoms with Crippen molar-refractivity contribution < 1.29 is 0 Å². The van der Waals surface area contributed by atoms with Gasteiger partial charge < -0.3 is 0 Å². The van der Waals surface area contributed by atoms with Gasteiger partial charge in [-0.1, -0.05) is 59.5 Å². The molecule has 14 heavy (non-hydrogen) atoms. The molecular weight excluding hydrogens is 168 g/mol. The highest BCUT2D eigenvalue weighted by molar-refractivity contribution is 4.95. The van der Waals surface area contributed by atoms with Crippen molar-refractivity contribution in [3.8, 4) is 0 Å². The molecular formula is C14H28. The molecule has 0 aliphatic carbocycles. The highest BCUT2D eigenvalue weighted by Crippen LogP contribution is 2.38. The van der Waals surface area contributed by atoms with E-state index in [1.807, 2.05) is 0 Å². The Balaban J connectivity index is 4.33. The van der Waals surface area contributed by atoms with Gasteiger partial charge in [0.15, 0.2) is 0 Å². The predicted octanol–water partition coefficient (Wildman–Crippen LogP) is 5.20. The molecule has 0 aromatic carbocycles. The van der Waals surface area contributed by atoms with Crippen molar-refractivity contribution in [1.29, 1.82) is 0 Å². The molecule has 0 aromatic rings. The van der Waals surface area contributed by atoms with Gasteiger partial charge in [0.25, 0.3) is 0 Å². The van der Waals surface area contributed by atoms with Gasteiger partial charge in [-0.05, 0) is 24.2 Å². The maximum Gasteiger partial charge on any atom is -0.0121 e. The Labute approximate surface area is 90.8 Å². The fourth-order valence-corrected chi connectivity index (χ4v) is 2.46. The minimum Gasteiger partial charge on any atom is -0.103 e. The van der Waals surface area contributed by atoms with Gasteiger partial charge in [0.2, 0.25) is 0 Å². The van der Waals surface area contributed by atoms with Gasteiger partial charge in [-0.25, -0.2) is 0 Å². The Morgan fingerprint density at radius 3 is 2.21 bits per heavy atom. The molecule has 2 atom stereocenters. The fourth-order valence-electron chi connectivity index (χ4n) is 2.46. The van der Waals surface area contributed by atoms with Crippen molar-refractivity contribution in [1.82, 2.24) is 0 Å². The summed E-state index contributed by atoms with van der Waals surface area (Å²) < 4.78 is 0. The molecule has 0 radical (unpaired) electrons. The number of hydrogen-bond donors (Lipinski definition) is 0. The Bertz CT molecular complexity index is 148. The van der Waals surface area contributed by atoms with Crippen LogP contribution in [-0.4, -0.2) is 0 Å². The van der Waals surface area contributed by atoms with Crippen molar-refractivity contribution in [2.24, 2.45) is 11.3 Å². The Hall–Kier alpha value is -0.260. The van der Waals surface area contributed by atoms with E-state index in [9.17, 15) is 0 Å². The first kappa shape index (κ1) is 13.7. The molecule has 0 saturated heterocycles. The van der Waals surface area contributed by atoms with E-state index in [0.29, 0.717) is 5.41 Å². The molecule has 84 valence electrons. The van der Waals surface area contributed by atoms with Crippen LogP contribution in [0, 0.1) is 11.3 Å². The number of allylic oxidation sites excluding steroid dienone is 1. The lowest BCUT2D eigenvalue weighted by atomic mass is 9.70. The van der Waals surface area contributed by atoms with E-state index in [4.69, 9.17) is 0 Å². The van der Waals surface area contributed by atoms with Crippen LogP contribution < -0.4 is 0 Å². The van der Waals surface area contributed by atoms with Crippen molar-refractivity contribution in [3.05, 3.63) is 12.7 Å². The first-order chi connectivity index (χ1) is 6.64. The van der Waals surface area contributed by atoms with Crippen LogP contribution in [0.1, 0.15) is 66.2 Å². The summed E-state index contributed by atoms with van der Waals surface area (Å²) in [5.41, 5.74) is 0.374. The van der Waals surface area contributed by atoms with Gasteiger partial charge in [-0.2, -0.15) is 0 Å². The highest BCUT2D eigenvalue weighted by atomic mass is 14.3. The van der Waals surface area contributed by atoms with Gasteiger partial charge in [-0.3, -0.25) is 0 Å². The van der Waals surface area contributed by atoms with Crippen LogP contribution in [-0.2, 0) is 0 Å². The average Bonchev–Trinajstić information content (AvgIpc) is 2.19. The van der Waals surface area contributed by atoms with E-state index in [1.54, 1.807) is 0 Å². The maximum absolute atomic E-state index is 4.03. The first-order valence-corrected chi connectivity index (χ1v) is 6.28. The summed E-state index contributed by atoms with van der Waals surface area (Å²) in [6.45, 7) is 13.3. The summed E-state index contributed by atoms with van der Waals surface area (Å²) in [7, 11) is 0. The largest absolute Gasteiger partial charge is 0.103 e. The van der Waals surface area contributed by atoms with Crippen molar-refractivity contribution >= 4 is 0 Å². The molecule has 0 fully saturated rings. The predicted molar refractivity (Wildman–Crippen MR) is 66.5 cm³/mol. The molecule has 0 saturated carbocycles. The highest BCUT2D eigenvalue weighted by Gasteiger charge is 2.28. The second-order valence-electron chi connectivity index (χ2n) is 4.71. The number of rotatable bonds is 8. The summed E-state index contributed by atoms with van der Waals surface area (Å²) in [6.07, 6.45) is 10.1. The minimum atomic E-state index is 0.374. The second-order valence-corrected chi connectivity index (χ2v) is 4.71. The molecule has 0 N–H and O–H groups in total. The van der Waals surface area contributed by atoms with Crippen LogP contribution in [0.15, 0.2) is 12.7 Å². The van der Waals surface area contributed by atoms with E-state index in [1.165, 1.54) is 38.5 Å². The molecule has 0 aliphatic rings. The molecule has 2 unspecified atom stereocenters. The topological polar surface area (TPSA) is 0 Å². The Kier molecular flexibility index (Phi) is 6.96. The lowest BCUT2D eigenvalue weighted by Crippen LogP contribution is -2.24. The zero-order valence-electron chi connectivity index (χ0n) is 10.6. The summed E-state index contributed by atoms with van der Waals surface area (Å²) in [5.74, 6) is 0.833. The molecule has 0 aromatic heterocycles. The molecule has 0 bridgehead atoms. The third-order valence-corrected chi connectivity index (χ3v) is 3.59. The van der Waals surface area contributed by atoms with Crippen LogP contribution in [0.2, 0.25) is 0 Å². The van der Waals surface area contributed by atoms with Crippen LogP contribution >= 0.6 is 0 Å². The molecule has 0 heterocycles. The van der Waals surface area contributed by atoms with Crippen molar-refractivity contribution in [3.63, 3.8) is 0 Å². The second kappa shape index (κ2) is 7.09. The lowest BCUT2D eigenvalue weighted by Gasteiger charge is -2.34. The molecule has 0 nitrogen and oxygen atoms in total. The normalized spacial score (nSPS) is 17.4. The zero-order chi connectivity index (χ0) is 11.0. The minimum absolute atomic E-state index is 0.374.